The lowest BCUT2D eigenvalue weighted by Gasteiger charge is -2.41. The SMILES string of the molecule is COc1cc2nn([C@H]3CC[C@H](CN4CCC(O[C@H]5C[C@H](Nc6cccc7c6C(=O)N(C6CCC(=O)NC6=O)C7=O)C5)CC4)CC3)cc2cc1NC(=O)c1cccc(C(C)(C)F)n1. The number of piperidine rings is 2. The van der Waals surface area contributed by atoms with E-state index in [-0.39, 0.29) is 59.6 Å². The number of aromatic nitrogens is 3. The van der Waals surface area contributed by atoms with E-state index >= 15 is 0 Å². The predicted octanol–water partition coefficient (Wildman–Crippen LogP) is 6.15. The topological polar surface area (TPSA) is 177 Å². The quantitative estimate of drug-likeness (QED) is 0.139. The van der Waals surface area contributed by atoms with Gasteiger partial charge in [0, 0.05) is 55.4 Å². The molecule has 62 heavy (non-hydrogen) atoms. The summed E-state index contributed by atoms with van der Waals surface area (Å²) >= 11 is 0. The third-order valence-electron chi connectivity index (χ3n) is 13.2. The molecule has 2 aromatic carbocycles. The zero-order valence-electron chi connectivity index (χ0n) is 35.3. The average molecular weight is 849 g/mol. The monoisotopic (exact) mass is 848 g/mol. The van der Waals surface area contributed by atoms with Gasteiger partial charge in [-0.2, -0.15) is 5.10 Å². The Morgan fingerprint density at radius 3 is 2.40 bits per heavy atom. The van der Waals surface area contributed by atoms with Gasteiger partial charge in [0.15, 0.2) is 0 Å². The number of pyridine rings is 1. The number of anilines is 2. The van der Waals surface area contributed by atoms with Gasteiger partial charge in [-0.15, -0.1) is 0 Å². The highest BCUT2D eigenvalue weighted by Gasteiger charge is 2.46. The summed E-state index contributed by atoms with van der Waals surface area (Å²) in [4.78, 5) is 71.8. The maximum atomic E-state index is 14.5. The smallest absolute Gasteiger partial charge is 0.274 e. The fourth-order valence-corrected chi connectivity index (χ4v) is 9.71. The molecule has 3 aliphatic heterocycles. The van der Waals surface area contributed by atoms with E-state index in [0.29, 0.717) is 23.0 Å². The Morgan fingerprint density at radius 1 is 0.919 bits per heavy atom. The second-order valence-corrected chi connectivity index (χ2v) is 18.0. The molecule has 2 saturated carbocycles. The van der Waals surface area contributed by atoms with Crippen LogP contribution in [-0.2, 0) is 20.0 Å². The molecule has 5 heterocycles. The number of likely N-dealkylation sites (tertiary alicyclic amines) is 1. The van der Waals surface area contributed by atoms with Crippen molar-refractivity contribution >= 4 is 51.8 Å². The zero-order chi connectivity index (χ0) is 43.3. The van der Waals surface area contributed by atoms with Crippen molar-refractivity contribution in [2.75, 3.05) is 37.4 Å². The van der Waals surface area contributed by atoms with Crippen LogP contribution < -0.4 is 20.7 Å². The van der Waals surface area contributed by atoms with E-state index in [4.69, 9.17) is 14.6 Å². The number of halogens is 1. The van der Waals surface area contributed by atoms with Gasteiger partial charge in [0.25, 0.3) is 17.7 Å². The lowest BCUT2D eigenvalue weighted by atomic mass is 9.85. The van der Waals surface area contributed by atoms with Crippen LogP contribution in [0.2, 0.25) is 0 Å². The van der Waals surface area contributed by atoms with Crippen molar-refractivity contribution in [2.24, 2.45) is 5.92 Å². The Morgan fingerprint density at radius 2 is 1.68 bits per heavy atom. The molecule has 0 spiro atoms. The number of nitrogens with one attached hydrogen (secondary N) is 3. The zero-order valence-corrected chi connectivity index (χ0v) is 35.3. The molecule has 1 unspecified atom stereocenters. The fraction of sp³-hybridized carbons (Fsp3) is 0.500. The average Bonchev–Trinajstić information content (AvgIpc) is 3.77. The molecule has 15 nitrogen and oxygen atoms in total. The summed E-state index contributed by atoms with van der Waals surface area (Å²) in [5.74, 6) is -1.38. The predicted molar refractivity (Wildman–Crippen MR) is 228 cm³/mol. The number of ether oxygens (including phenoxy) is 2. The van der Waals surface area contributed by atoms with Crippen LogP contribution in [-0.4, -0.2) is 105 Å². The molecule has 16 heteroatoms. The van der Waals surface area contributed by atoms with Crippen molar-refractivity contribution in [3.8, 4) is 5.75 Å². The number of benzene rings is 2. The summed E-state index contributed by atoms with van der Waals surface area (Å²) in [5.41, 5.74) is 1.05. The minimum atomic E-state index is -1.67. The van der Waals surface area contributed by atoms with Crippen molar-refractivity contribution in [1.82, 2.24) is 29.9 Å². The van der Waals surface area contributed by atoms with Crippen LogP contribution in [0.25, 0.3) is 10.9 Å². The van der Waals surface area contributed by atoms with E-state index in [2.05, 4.69) is 30.5 Å². The van der Waals surface area contributed by atoms with Gasteiger partial charge in [0.1, 0.15) is 23.2 Å². The maximum absolute atomic E-state index is 14.5. The highest BCUT2D eigenvalue weighted by atomic mass is 19.1. The molecular formula is C46H53FN8O7. The van der Waals surface area contributed by atoms with E-state index in [0.717, 1.165) is 86.8 Å². The van der Waals surface area contributed by atoms with Crippen LogP contribution in [0.15, 0.2) is 54.7 Å². The van der Waals surface area contributed by atoms with Crippen LogP contribution in [0.5, 0.6) is 5.75 Å². The molecule has 326 valence electrons. The highest BCUT2D eigenvalue weighted by Crippen LogP contribution is 2.38. The first-order chi connectivity index (χ1) is 29.8. The number of hydrogen-bond donors (Lipinski definition) is 3. The molecule has 3 N–H and O–H groups in total. The number of methoxy groups -OCH3 is 1. The molecule has 4 fully saturated rings. The molecule has 9 rings (SSSR count). The largest absolute Gasteiger partial charge is 0.494 e. The molecule has 2 aromatic heterocycles. The molecule has 5 aliphatic rings. The Balaban J connectivity index is 0.713. The van der Waals surface area contributed by atoms with Gasteiger partial charge in [-0.05, 0) is 108 Å². The normalized spacial score (nSPS) is 24.8. The summed E-state index contributed by atoms with van der Waals surface area (Å²) in [6, 6.07) is 13.0. The van der Waals surface area contributed by atoms with E-state index in [1.807, 2.05) is 18.3 Å². The number of carbonyl (C=O) groups excluding carboxylic acids is 5. The Labute approximate surface area is 359 Å². The first kappa shape index (κ1) is 41.6. The van der Waals surface area contributed by atoms with Gasteiger partial charge in [-0.25, -0.2) is 9.37 Å². The third-order valence-corrected chi connectivity index (χ3v) is 13.2. The van der Waals surface area contributed by atoms with Crippen LogP contribution in [0.1, 0.15) is 121 Å². The first-order valence-electron chi connectivity index (χ1n) is 21.8. The van der Waals surface area contributed by atoms with Crippen molar-refractivity contribution in [1.29, 1.82) is 0 Å². The van der Waals surface area contributed by atoms with E-state index in [1.165, 1.54) is 13.8 Å². The number of carbonyl (C=O) groups is 5. The standard InChI is InChI=1S/C46H53FN8O7/c1-46(2,47)39-9-5-8-34(49-39)42(57)50-36-20-27-25-54(52-35(27)23-38(36)61-3)29-12-10-26(11-13-29)24-53-18-16-30(17-19-53)62-31-21-28(22-31)48-33-7-4-6-32-41(33)45(60)55(44(32)59)37-14-15-40(56)51-43(37)58/h4-9,20,23,25-26,28-31,37,48H,10-19,21-22,24H2,1-3H3,(H,50,57)(H,51,56,58)/t26-,28-,29-,31-,37?. The van der Waals surface area contributed by atoms with Gasteiger partial charge >= 0.3 is 0 Å². The lowest BCUT2D eigenvalue weighted by Crippen LogP contribution is -2.54. The molecule has 2 aliphatic carbocycles. The Kier molecular flexibility index (Phi) is 11.3. The highest BCUT2D eigenvalue weighted by molar-refractivity contribution is 6.25. The van der Waals surface area contributed by atoms with E-state index < -0.39 is 41.2 Å². The lowest BCUT2D eigenvalue weighted by molar-refractivity contribution is -0.136. The molecule has 0 radical (unpaired) electrons. The second-order valence-electron chi connectivity index (χ2n) is 18.0. The number of amides is 5. The number of fused-ring (bicyclic) bond motifs is 2. The van der Waals surface area contributed by atoms with Gasteiger partial charge < -0.3 is 25.0 Å². The van der Waals surface area contributed by atoms with Crippen LogP contribution in [0.3, 0.4) is 0 Å². The van der Waals surface area contributed by atoms with Gasteiger partial charge in [-0.3, -0.25) is 38.9 Å². The third kappa shape index (κ3) is 8.41. The van der Waals surface area contributed by atoms with Crippen molar-refractivity contribution < 1.29 is 37.8 Å². The van der Waals surface area contributed by atoms with Crippen molar-refractivity contribution in [3.05, 3.63) is 77.2 Å². The minimum absolute atomic E-state index is 0.0802. The molecular weight excluding hydrogens is 796 g/mol. The molecule has 1 atom stereocenters. The summed E-state index contributed by atoms with van der Waals surface area (Å²) in [5, 5.41) is 14.4. The van der Waals surface area contributed by atoms with Crippen LogP contribution >= 0.6 is 0 Å². The first-order valence-corrected chi connectivity index (χ1v) is 21.8. The molecule has 0 bridgehead atoms. The van der Waals surface area contributed by atoms with Gasteiger partial charge in [0.05, 0.1) is 53.4 Å². The van der Waals surface area contributed by atoms with Gasteiger partial charge in [0.2, 0.25) is 11.8 Å². The summed E-state index contributed by atoms with van der Waals surface area (Å²) in [6.07, 6.45) is 10.5. The number of nitrogens with zero attached hydrogens (tertiary/aromatic N) is 5. The number of hydrogen-bond acceptors (Lipinski definition) is 11. The fourth-order valence-electron chi connectivity index (χ4n) is 9.71. The second kappa shape index (κ2) is 16.9. The van der Waals surface area contributed by atoms with Crippen LogP contribution in [0.4, 0.5) is 15.8 Å². The molecule has 2 saturated heterocycles. The summed E-state index contributed by atoms with van der Waals surface area (Å²) in [6.45, 7) is 5.92. The van der Waals surface area contributed by atoms with Crippen molar-refractivity contribution in [2.45, 2.75) is 114 Å². The Hall–Kier alpha value is -5.74. The maximum Gasteiger partial charge on any atom is 0.274 e. The van der Waals surface area contributed by atoms with Crippen molar-refractivity contribution in [3.63, 3.8) is 0 Å². The minimum Gasteiger partial charge on any atom is -0.494 e. The Bertz CT molecular complexity index is 2410. The summed E-state index contributed by atoms with van der Waals surface area (Å²) < 4.78 is 28.7. The summed E-state index contributed by atoms with van der Waals surface area (Å²) in [7, 11) is 1.55. The van der Waals surface area contributed by atoms with Crippen LogP contribution in [0, 0.1) is 5.92 Å². The van der Waals surface area contributed by atoms with Gasteiger partial charge in [-0.1, -0.05) is 12.1 Å². The molecule has 5 amide bonds. The number of alkyl halides is 1. The number of rotatable bonds is 12. The molecule has 4 aromatic rings. The van der Waals surface area contributed by atoms with E-state index in [9.17, 15) is 28.4 Å². The van der Waals surface area contributed by atoms with E-state index in [1.54, 1.807) is 43.5 Å². The number of imide groups is 2.